The maximum absolute atomic E-state index is 13.3. The van der Waals surface area contributed by atoms with Crippen LogP contribution in [0.1, 0.15) is 37.0 Å². The highest BCUT2D eigenvalue weighted by atomic mass is 35.5. The van der Waals surface area contributed by atoms with E-state index in [9.17, 15) is 4.79 Å². The summed E-state index contributed by atoms with van der Waals surface area (Å²) in [5.74, 6) is 1.35. The number of para-hydroxylation sites is 1. The minimum atomic E-state index is -0.613. The molecule has 1 unspecified atom stereocenters. The molecular weight excluding hydrogens is 360 g/mol. The number of carbonyl (C=O) groups excluding carboxylic acids is 1. The SMILES string of the molecule is CCc1ccccc1OC(C(=O)N1CCC(CN)CC1)c1ccccc1.Cl. The lowest BCUT2D eigenvalue weighted by atomic mass is 9.96. The van der Waals surface area contributed by atoms with Crippen molar-refractivity contribution in [3.05, 3.63) is 65.7 Å². The third kappa shape index (κ3) is 5.24. The van der Waals surface area contributed by atoms with Gasteiger partial charge in [0.1, 0.15) is 5.75 Å². The number of piperidine rings is 1. The fourth-order valence-corrected chi connectivity index (χ4v) is 3.48. The van der Waals surface area contributed by atoms with Crippen LogP contribution in [0.3, 0.4) is 0 Å². The van der Waals surface area contributed by atoms with E-state index in [-0.39, 0.29) is 18.3 Å². The van der Waals surface area contributed by atoms with Gasteiger partial charge in [0.2, 0.25) is 6.10 Å². The van der Waals surface area contributed by atoms with Crippen molar-refractivity contribution < 1.29 is 9.53 Å². The zero-order chi connectivity index (χ0) is 18.4. The summed E-state index contributed by atoms with van der Waals surface area (Å²) >= 11 is 0. The van der Waals surface area contributed by atoms with Crippen LogP contribution in [0.25, 0.3) is 0 Å². The van der Waals surface area contributed by atoms with Crippen LogP contribution < -0.4 is 10.5 Å². The fourth-order valence-electron chi connectivity index (χ4n) is 3.48. The molecule has 0 aromatic heterocycles. The summed E-state index contributed by atoms with van der Waals surface area (Å²) in [6, 6.07) is 17.7. The van der Waals surface area contributed by atoms with E-state index in [1.54, 1.807) is 0 Å². The molecule has 1 aliphatic heterocycles. The molecule has 27 heavy (non-hydrogen) atoms. The Hall–Kier alpha value is -2.04. The predicted octanol–water partition coefficient (Wildman–Crippen LogP) is 3.99. The summed E-state index contributed by atoms with van der Waals surface area (Å²) in [6.07, 6.45) is 2.19. The number of amides is 1. The van der Waals surface area contributed by atoms with E-state index < -0.39 is 6.10 Å². The largest absolute Gasteiger partial charge is 0.476 e. The molecule has 1 atom stereocenters. The van der Waals surface area contributed by atoms with Crippen LogP contribution >= 0.6 is 12.4 Å². The fraction of sp³-hybridized carbons (Fsp3) is 0.409. The highest BCUT2D eigenvalue weighted by Gasteiger charge is 2.30. The topological polar surface area (TPSA) is 55.6 Å². The lowest BCUT2D eigenvalue weighted by molar-refractivity contribution is -0.140. The molecule has 1 saturated heterocycles. The van der Waals surface area contributed by atoms with Gasteiger partial charge in [0.15, 0.2) is 0 Å². The average molecular weight is 389 g/mol. The predicted molar refractivity (Wildman–Crippen MR) is 111 cm³/mol. The Labute approximate surface area is 168 Å². The van der Waals surface area contributed by atoms with Crippen molar-refractivity contribution in [3.8, 4) is 5.75 Å². The molecule has 0 bridgehead atoms. The summed E-state index contributed by atoms with van der Waals surface area (Å²) in [5.41, 5.74) is 7.79. The number of carbonyl (C=O) groups is 1. The first-order chi connectivity index (χ1) is 12.7. The second-order valence-electron chi connectivity index (χ2n) is 6.87. The van der Waals surface area contributed by atoms with Gasteiger partial charge in [-0.3, -0.25) is 4.79 Å². The third-order valence-corrected chi connectivity index (χ3v) is 5.18. The zero-order valence-corrected chi connectivity index (χ0v) is 16.7. The van der Waals surface area contributed by atoms with Crippen molar-refractivity contribution in [3.63, 3.8) is 0 Å². The number of halogens is 1. The molecular formula is C22H29ClN2O2. The Balaban J connectivity index is 0.00000261. The van der Waals surface area contributed by atoms with Crippen molar-refractivity contribution in [2.24, 2.45) is 11.7 Å². The van der Waals surface area contributed by atoms with E-state index in [2.05, 4.69) is 13.0 Å². The Morgan fingerprint density at radius 2 is 1.74 bits per heavy atom. The molecule has 3 rings (SSSR count). The lowest BCUT2D eigenvalue weighted by Crippen LogP contribution is -2.43. The average Bonchev–Trinajstić information content (AvgIpc) is 2.72. The van der Waals surface area contributed by atoms with Crippen molar-refractivity contribution in [2.75, 3.05) is 19.6 Å². The molecule has 2 N–H and O–H groups in total. The van der Waals surface area contributed by atoms with Crippen LogP contribution in [0.15, 0.2) is 54.6 Å². The van der Waals surface area contributed by atoms with Gasteiger partial charge in [0, 0.05) is 18.7 Å². The second-order valence-corrected chi connectivity index (χ2v) is 6.87. The van der Waals surface area contributed by atoms with Crippen LogP contribution in [-0.2, 0) is 11.2 Å². The number of ether oxygens (including phenoxy) is 1. The molecule has 5 heteroatoms. The summed E-state index contributed by atoms with van der Waals surface area (Å²) in [5, 5.41) is 0. The molecule has 1 heterocycles. The number of rotatable bonds is 6. The van der Waals surface area contributed by atoms with Crippen LogP contribution in [0, 0.1) is 5.92 Å². The molecule has 0 spiro atoms. The van der Waals surface area contributed by atoms with Gasteiger partial charge >= 0.3 is 0 Å². The van der Waals surface area contributed by atoms with E-state index in [1.807, 2.05) is 53.4 Å². The number of nitrogens with two attached hydrogens (primary N) is 1. The number of hydrogen-bond donors (Lipinski definition) is 1. The molecule has 1 aliphatic rings. The van der Waals surface area contributed by atoms with Crippen LogP contribution in [0.4, 0.5) is 0 Å². The molecule has 0 saturated carbocycles. The Morgan fingerprint density at radius 1 is 1.11 bits per heavy atom. The monoisotopic (exact) mass is 388 g/mol. The standard InChI is InChI=1S/C22H28N2O2.ClH/c1-2-18-8-6-7-11-20(18)26-21(19-9-4-3-5-10-19)22(25)24-14-12-17(16-23)13-15-24;/h3-11,17,21H,2,12-16,23H2,1H3;1H. The van der Waals surface area contributed by atoms with Gasteiger partial charge in [0.05, 0.1) is 0 Å². The van der Waals surface area contributed by atoms with Crippen LogP contribution in [-0.4, -0.2) is 30.4 Å². The van der Waals surface area contributed by atoms with Gasteiger partial charge < -0.3 is 15.4 Å². The van der Waals surface area contributed by atoms with Crippen molar-refractivity contribution in [1.29, 1.82) is 0 Å². The normalized spacial score (nSPS) is 15.7. The number of benzene rings is 2. The quantitative estimate of drug-likeness (QED) is 0.814. The van der Waals surface area contributed by atoms with Gasteiger partial charge in [-0.25, -0.2) is 0 Å². The van der Waals surface area contributed by atoms with E-state index >= 15 is 0 Å². The van der Waals surface area contributed by atoms with Gasteiger partial charge in [0.25, 0.3) is 5.91 Å². The van der Waals surface area contributed by atoms with E-state index in [4.69, 9.17) is 10.5 Å². The van der Waals surface area contributed by atoms with E-state index in [0.29, 0.717) is 12.5 Å². The third-order valence-electron chi connectivity index (χ3n) is 5.18. The molecule has 146 valence electrons. The summed E-state index contributed by atoms with van der Waals surface area (Å²) in [6.45, 7) is 4.30. The minimum absolute atomic E-state index is 0. The number of aryl methyl sites for hydroxylation is 1. The maximum atomic E-state index is 13.3. The molecule has 4 nitrogen and oxygen atoms in total. The lowest BCUT2D eigenvalue weighted by Gasteiger charge is -2.34. The van der Waals surface area contributed by atoms with Crippen molar-refractivity contribution >= 4 is 18.3 Å². The van der Waals surface area contributed by atoms with E-state index in [1.165, 1.54) is 0 Å². The highest BCUT2D eigenvalue weighted by molar-refractivity contribution is 5.85. The first kappa shape index (κ1) is 21.3. The summed E-state index contributed by atoms with van der Waals surface area (Å²) in [7, 11) is 0. The van der Waals surface area contributed by atoms with Crippen LogP contribution in [0.5, 0.6) is 5.75 Å². The molecule has 1 fully saturated rings. The summed E-state index contributed by atoms with van der Waals surface area (Å²) < 4.78 is 6.27. The molecule has 2 aromatic rings. The van der Waals surface area contributed by atoms with Gasteiger partial charge in [-0.2, -0.15) is 0 Å². The molecule has 2 aromatic carbocycles. The van der Waals surface area contributed by atoms with Crippen molar-refractivity contribution in [1.82, 2.24) is 4.90 Å². The number of hydrogen-bond acceptors (Lipinski definition) is 3. The first-order valence-corrected chi connectivity index (χ1v) is 9.51. The maximum Gasteiger partial charge on any atom is 0.268 e. The smallest absolute Gasteiger partial charge is 0.268 e. The van der Waals surface area contributed by atoms with Gasteiger partial charge in [-0.1, -0.05) is 55.5 Å². The Bertz CT molecular complexity index is 715. The minimum Gasteiger partial charge on any atom is -0.476 e. The zero-order valence-electron chi connectivity index (χ0n) is 15.8. The number of nitrogens with zero attached hydrogens (tertiary/aromatic N) is 1. The second kappa shape index (κ2) is 10.3. The molecule has 0 aliphatic carbocycles. The van der Waals surface area contributed by atoms with Gasteiger partial charge in [-0.05, 0) is 43.4 Å². The Morgan fingerprint density at radius 3 is 2.37 bits per heavy atom. The summed E-state index contributed by atoms with van der Waals surface area (Å²) in [4.78, 5) is 15.2. The number of likely N-dealkylation sites (tertiary alicyclic amines) is 1. The molecule has 1 amide bonds. The Kier molecular flexibility index (Phi) is 8.14. The van der Waals surface area contributed by atoms with Crippen molar-refractivity contribution in [2.45, 2.75) is 32.3 Å². The molecule has 0 radical (unpaired) electrons. The highest BCUT2D eigenvalue weighted by Crippen LogP contribution is 2.28. The van der Waals surface area contributed by atoms with Crippen LogP contribution in [0.2, 0.25) is 0 Å². The van der Waals surface area contributed by atoms with Gasteiger partial charge in [-0.15, -0.1) is 12.4 Å². The first-order valence-electron chi connectivity index (χ1n) is 9.51. The van der Waals surface area contributed by atoms with E-state index in [0.717, 1.165) is 49.2 Å².